The molecule has 1 aliphatic heterocycles. The number of piperazine rings is 1. The predicted molar refractivity (Wildman–Crippen MR) is 99.4 cm³/mol. The number of amides is 2. The van der Waals surface area contributed by atoms with Crippen molar-refractivity contribution in [2.24, 2.45) is 0 Å². The van der Waals surface area contributed by atoms with Crippen LogP contribution in [0.4, 0.5) is 25.1 Å². The maximum Gasteiger partial charge on any atom is 0.409 e. The Morgan fingerprint density at radius 2 is 1.79 bits per heavy atom. The van der Waals surface area contributed by atoms with E-state index in [1.54, 1.807) is 17.9 Å². The van der Waals surface area contributed by atoms with E-state index in [0.29, 0.717) is 38.6 Å². The Morgan fingerprint density at radius 1 is 1.11 bits per heavy atom. The molecular weight excluding hydrogens is 370 g/mol. The van der Waals surface area contributed by atoms with Gasteiger partial charge in [-0.25, -0.2) is 18.6 Å². The summed E-state index contributed by atoms with van der Waals surface area (Å²) in [5, 5.41) is 2.22. The van der Waals surface area contributed by atoms with Crippen molar-refractivity contribution >= 4 is 23.5 Å². The summed E-state index contributed by atoms with van der Waals surface area (Å²) in [5.41, 5.74) is -0.316. The highest BCUT2D eigenvalue weighted by Crippen LogP contribution is 2.20. The van der Waals surface area contributed by atoms with Crippen LogP contribution >= 0.6 is 0 Å². The van der Waals surface area contributed by atoms with E-state index >= 15 is 0 Å². The van der Waals surface area contributed by atoms with Crippen molar-refractivity contribution in [3.63, 3.8) is 0 Å². The van der Waals surface area contributed by atoms with E-state index < -0.39 is 23.2 Å². The van der Waals surface area contributed by atoms with Gasteiger partial charge in [0, 0.05) is 32.4 Å². The summed E-state index contributed by atoms with van der Waals surface area (Å²) < 4.78 is 32.3. The van der Waals surface area contributed by atoms with Crippen molar-refractivity contribution in [1.82, 2.24) is 9.88 Å². The van der Waals surface area contributed by atoms with E-state index in [0.717, 1.165) is 12.1 Å². The van der Waals surface area contributed by atoms with Crippen molar-refractivity contribution < 1.29 is 23.1 Å². The van der Waals surface area contributed by atoms with Gasteiger partial charge in [-0.1, -0.05) is 6.07 Å². The number of benzene rings is 1. The molecule has 1 aliphatic rings. The molecule has 0 atom stereocenters. The summed E-state index contributed by atoms with van der Waals surface area (Å²) in [6.45, 7) is 4.28. The number of para-hydroxylation sites is 1. The summed E-state index contributed by atoms with van der Waals surface area (Å²) in [6, 6.07) is 6.55. The van der Waals surface area contributed by atoms with Gasteiger partial charge in [-0.05, 0) is 31.2 Å². The van der Waals surface area contributed by atoms with Crippen LogP contribution < -0.4 is 10.2 Å². The number of aromatic nitrogens is 1. The Hall–Kier alpha value is -3.23. The molecule has 0 aliphatic carbocycles. The molecule has 148 valence electrons. The number of hydrogen-bond acceptors (Lipinski definition) is 5. The fraction of sp³-hybridized carbons (Fsp3) is 0.316. The lowest BCUT2D eigenvalue weighted by molar-refractivity contribution is 0.102. The lowest BCUT2D eigenvalue weighted by Gasteiger charge is -2.34. The van der Waals surface area contributed by atoms with Crippen molar-refractivity contribution in [1.29, 1.82) is 0 Å². The third-order valence-electron chi connectivity index (χ3n) is 4.34. The maximum atomic E-state index is 13.7. The predicted octanol–water partition coefficient (Wildman–Crippen LogP) is 2.89. The van der Waals surface area contributed by atoms with E-state index in [4.69, 9.17) is 4.74 Å². The molecule has 2 heterocycles. The van der Waals surface area contributed by atoms with Crippen LogP contribution in [-0.2, 0) is 4.74 Å². The first-order valence-electron chi connectivity index (χ1n) is 8.87. The molecule has 1 saturated heterocycles. The largest absolute Gasteiger partial charge is 0.450 e. The normalized spacial score (nSPS) is 14.0. The second-order valence-electron chi connectivity index (χ2n) is 6.13. The number of carbonyl (C=O) groups is 2. The zero-order valence-corrected chi connectivity index (χ0v) is 15.3. The summed E-state index contributed by atoms with van der Waals surface area (Å²) in [4.78, 5) is 31.8. The zero-order valence-electron chi connectivity index (χ0n) is 15.3. The number of pyridine rings is 1. The second-order valence-corrected chi connectivity index (χ2v) is 6.13. The lowest BCUT2D eigenvalue weighted by Crippen LogP contribution is -2.49. The van der Waals surface area contributed by atoms with Gasteiger partial charge in [0.1, 0.15) is 23.1 Å². The Bertz CT molecular complexity index is 833. The first-order valence-corrected chi connectivity index (χ1v) is 8.87. The SMILES string of the molecule is CCOC(=O)N1CCN(c2ccc(C(=O)Nc3c(F)cccc3F)cn2)CC1. The lowest BCUT2D eigenvalue weighted by atomic mass is 10.2. The molecular formula is C19H20F2N4O3. The number of nitrogens with zero attached hydrogens (tertiary/aromatic N) is 3. The molecule has 1 N–H and O–H groups in total. The smallest absolute Gasteiger partial charge is 0.409 e. The Kier molecular flexibility index (Phi) is 6.03. The first-order chi connectivity index (χ1) is 13.5. The van der Waals surface area contributed by atoms with Crippen LogP contribution in [0.25, 0.3) is 0 Å². The summed E-state index contributed by atoms with van der Waals surface area (Å²) in [5.74, 6) is -1.71. The molecule has 0 bridgehead atoms. The molecule has 0 radical (unpaired) electrons. The van der Waals surface area contributed by atoms with Gasteiger partial charge in [0.15, 0.2) is 0 Å². The van der Waals surface area contributed by atoms with E-state index in [2.05, 4.69) is 10.3 Å². The van der Waals surface area contributed by atoms with Gasteiger partial charge in [-0.2, -0.15) is 0 Å². The molecule has 2 amide bonds. The van der Waals surface area contributed by atoms with Gasteiger partial charge in [0.2, 0.25) is 0 Å². The van der Waals surface area contributed by atoms with Gasteiger partial charge in [-0.15, -0.1) is 0 Å². The minimum absolute atomic E-state index is 0.177. The molecule has 0 saturated carbocycles. The highest BCUT2D eigenvalue weighted by molar-refractivity contribution is 6.04. The number of carbonyl (C=O) groups excluding carboxylic acids is 2. The minimum Gasteiger partial charge on any atom is -0.450 e. The average molecular weight is 390 g/mol. The molecule has 1 aromatic heterocycles. The van der Waals surface area contributed by atoms with E-state index in [1.165, 1.54) is 18.3 Å². The molecule has 0 spiro atoms. The molecule has 0 unspecified atom stereocenters. The van der Waals surface area contributed by atoms with Gasteiger partial charge in [0.25, 0.3) is 5.91 Å². The molecule has 7 nitrogen and oxygen atoms in total. The molecule has 9 heteroatoms. The molecule has 28 heavy (non-hydrogen) atoms. The monoisotopic (exact) mass is 390 g/mol. The van der Waals surface area contributed by atoms with Crippen LogP contribution in [0.3, 0.4) is 0 Å². The molecule has 2 aromatic rings. The van der Waals surface area contributed by atoms with Gasteiger partial charge >= 0.3 is 6.09 Å². The van der Waals surface area contributed by atoms with Gasteiger partial charge in [0.05, 0.1) is 12.2 Å². The summed E-state index contributed by atoms with van der Waals surface area (Å²) in [6.07, 6.45) is 1.02. The molecule has 1 aromatic carbocycles. The highest BCUT2D eigenvalue weighted by atomic mass is 19.1. The van der Waals surface area contributed by atoms with Crippen molar-refractivity contribution in [3.8, 4) is 0 Å². The second kappa shape index (κ2) is 8.64. The maximum absolute atomic E-state index is 13.7. The van der Waals surface area contributed by atoms with Crippen LogP contribution in [0.5, 0.6) is 0 Å². The summed E-state index contributed by atoms with van der Waals surface area (Å²) in [7, 11) is 0. The Balaban J connectivity index is 1.61. The third kappa shape index (κ3) is 4.36. The van der Waals surface area contributed by atoms with E-state index in [9.17, 15) is 18.4 Å². The van der Waals surface area contributed by atoms with Crippen LogP contribution in [0.1, 0.15) is 17.3 Å². The third-order valence-corrected chi connectivity index (χ3v) is 4.34. The van der Waals surface area contributed by atoms with Crippen molar-refractivity contribution in [2.75, 3.05) is 43.0 Å². The number of rotatable bonds is 4. The Morgan fingerprint density at radius 3 is 2.36 bits per heavy atom. The average Bonchev–Trinajstić information content (AvgIpc) is 2.71. The number of hydrogen-bond donors (Lipinski definition) is 1. The van der Waals surface area contributed by atoms with E-state index in [1.807, 2.05) is 4.90 Å². The van der Waals surface area contributed by atoms with Crippen LogP contribution in [0, 0.1) is 11.6 Å². The first kappa shape index (κ1) is 19.5. The molecule has 1 fully saturated rings. The van der Waals surface area contributed by atoms with Crippen molar-refractivity contribution in [2.45, 2.75) is 6.92 Å². The van der Waals surface area contributed by atoms with Gasteiger partial charge < -0.3 is 19.9 Å². The fourth-order valence-electron chi connectivity index (χ4n) is 2.84. The van der Waals surface area contributed by atoms with Crippen LogP contribution in [-0.4, -0.2) is 54.7 Å². The van der Waals surface area contributed by atoms with Crippen LogP contribution in [0.2, 0.25) is 0 Å². The highest BCUT2D eigenvalue weighted by Gasteiger charge is 2.23. The Labute approximate surface area is 160 Å². The number of nitrogens with one attached hydrogen (secondary N) is 1. The summed E-state index contributed by atoms with van der Waals surface area (Å²) >= 11 is 0. The van der Waals surface area contributed by atoms with E-state index in [-0.39, 0.29) is 11.7 Å². The number of ether oxygens (including phenoxy) is 1. The topological polar surface area (TPSA) is 74.8 Å². The quantitative estimate of drug-likeness (QED) is 0.869. The molecule has 3 rings (SSSR count). The standard InChI is InChI=1S/C19H20F2N4O3/c1-2-28-19(27)25-10-8-24(9-11-25)16-7-6-13(12-22-16)18(26)23-17-14(20)4-3-5-15(17)21/h3-7,12H,2,8-11H2,1H3,(H,23,26). The minimum atomic E-state index is -0.850. The number of anilines is 2. The zero-order chi connectivity index (χ0) is 20.1. The van der Waals surface area contributed by atoms with Gasteiger partial charge in [-0.3, -0.25) is 4.79 Å². The van der Waals surface area contributed by atoms with Crippen LogP contribution in [0.15, 0.2) is 36.5 Å². The fourth-order valence-corrected chi connectivity index (χ4v) is 2.84. The van der Waals surface area contributed by atoms with Crippen molar-refractivity contribution in [3.05, 3.63) is 53.7 Å². The number of halogens is 2.